The van der Waals surface area contributed by atoms with E-state index in [1.807, 2.05) is 0 Å². The Hall–Kier alpha value is -1.99. The van der Waals surface area contributed by atoms with Crippen molar-refractivity contribution in [3.05, 3.63) is 39.9 Å². The Morgan fingerprint density at radius 1 is 1.29 bits per heavy atom. The predicted molar refractivity (Wildman–Crippen MR) is 76.9 cm³/mol. The fourth-order valence-electron chi connectivity index (χ4n) is 2.43. The van der Waals surface area contributed by atoms with Gasteiger partial charge in [0.05, 0.1) is 18.0 Å². The number of amides is 1. The Morgan fingerprint density at radius 2 is 2.00 bits per heavy atom. The van der Waals surface area contributed by atoms with Crippen LogP contribution in [0.1, 0.15) is 5.56 Å². The maximum Gasteiger partial charge on any atom is 0.269 e. The number of β-amino-alcohol motifs (C(OH)–C–C–N with tert-alkyl or cyclic N) is 1. The summed E-state index contributed by atoms with van der Waals surface area (Å²) in [6, 6.07) is 6.19. The largest absolute Gasteiger partial charge is 0.395 e. The quantitative estimate of drug-likeness (QED) is 0.622. The second kappa shape index (κ2) is 7.14. The van der Waals surface area contributed by atoms with Crippen LogP contribution in [0.15, 0.2) is 24.3 Å². The van der Waals surface area contributed by atoms with E-state index in [-0.39, 0.29) is 24.6 Å². The second-order valence-electron chi connectivity index (χ2n) is 5.05. The van der Waals surface area contributed by atoms with Crippen molar-refractivity contribution in [2.24, 2.45) is 0 Å². The van der Waals surface area contributed by atoms with Crippen LogP contribution in [-0.4, -0.2) is 65.1 Å². The first-order valence-electron chi connectivity index (χ1n) is 6.94. The van der Waals surface area contributed by atoms with Gasteiger partial charge in [0.2, 0.25) is 5.91 Å². The van der Waals surface area contributed by atoms with Gasteiger partial charge in [0.25, 0.3) is 5.69 Å². The molecule has 7 nitrogen and oxygen atoms in total. The van der Waals surface area contributed by atoms with Crippen LogP contribution in [0.25, 0.3) is 0 Å². The number of hydrogen-bond donors (Lipinski definition) is 1. The normalized spacial score (nSPS) is 16.0. The molecular formula is C14H19N3O4. The molecule has 0 radical (unpaired) electrons. The maximum atomic E-state index is 12.2. The summed E-state index contributed by atoms with van der Waals surface area (Å²) in [6.07, 6.45) is 0.182. The molecule has 1 aliphatic heterocycles. The zero-order valence-corrected chi connectivity index (χ0v) is 11.8. The minimum atomic E-state index is -0.457. The molecule has 0 saturated carbocycles. The summed E-state index contributed by atoms with van der Waals surface area (Å²) < 4.78 is 0. The van der Waals surface area contributed by atoms with Gasteiger partial charge >= 0.3 is 0 Å². The molecular weight excluding hydrogens is 274 g/mol. The zero-order chi connectivity index (χ0) is 15.2. The number of aliphatic hydroxyl groups excluding tert-OH is 1. The molecule has 0 aromatic heterocycles. The van der Waals surface area contributed by atoms with Gasteiger partial charge in [-0.05, 0) is 5.56 Å². The van der Waals surface area contributed by atoms with Crippen molar-refractivity contribution in [1.29, 1.82) is 0 Å². The highest BCUT2D eigenvalue weighted by molar-refractivity contribution is 5.79. The molecule has 1 amide bonds. The van der Waals surface area contributed by atoms with Crippen LogP contribution < -0.4 is 0 Å². The highest BCUT2D eigenvalue weighted by Crippen LogP contribution is 2.14. The molecule has 1 fully saturated rings. The van der Waals surface area contributed by atoms with E-state index in [2.05, 4.69) is 4.90 Å². The molecule has 0 aliphatic carbocycles. The van der Waals surface area contributed by atoms with E-state index in [0.29, 0.717) is 25.2 Å². The molecule has 1 aromatic carbocycles. The molecule has 0 bridgehead atoms. The van der Waals surface area contributed by atoms with Crippen LogP contribution >= 0.6 is 0 Å². The molecule has 1 heterocycles. The number of nitrogens with zero attached hydrogens (tertiary/aromatic N) is 3. The Bertz CT molecular complexity index is 513. The molecule has 1 aromatic rings. The van der Waals surface area contributed by atoms with Crippen LogP contribution in [-0.2, 0) is 11.2 Å². The van der Waals surface area contributed by atoms with Gasteiger partial charge in [0.15, 0.2) is 0 Å². The van der Waals surface area contributed by atoms with Gasteiger partial charge in [0, 0.05) is 44.9 Å². The number of rotatable bonds is 5. The summed E-state index contributed by atoms with van der Waals surface area (Å²) in [4.78, 5) is 26.3. The summed E-state index contributed by atoms with van der Waals surface area (Å²) in [5.41, 5.74) is 0.667. The number of carbonyl (C=O) groups is 1. The lowest BCUT2D eigenvalue weighted by Crippen LogP contribution is -2.49. The topological polar surface area (TPSA) is 86.9 Å². The number of hydrogen-bond acceptors (Lipinski definition) is 5. The summed E-state index contributed by atoms with van der Waals surface area (Å²) in [5.74, 6) is -0.0147. The predicted octanol–water partition coefficient (Wildman–Crippen LogP) is 0.274. The SMILES string of the molecule is O=C(Cc1cccc([N+](=O)[O-])c1)N1CCN(CCO)CC1. The van der Waals surface area contributed by atoms with Gasteiger partial charge in [-0.3, -0.25) is 19.8 Å². The number of carbonyl (C=O) groups excluding carboxylic acids is 1. The van der Waals surface area contributed by atoms with Gasteiger partial charge < -0.3 is 10.0 Å². The number of nitro benzene ring substituents is 1. The van der Waals surface area contributed by atoms with Gasteiger partial charge in [-0.1, -0.05) is 12.1 Å². The van der Waals surface area contributed by atoms with Crippen molar-refractivity contribution < 1.29 is 14.8 Å². The third-order valence-corrected chi connectivity index (χ3v) is 3.62. The zero-order valence-electron chi connectivity index (χ0n) is 11.8. The minimum Gasteiger partial charge on any atom is -0.395 e. The summed E-state index contributed by atoms with van der Waals surface area (Å²) in [5, 5.41) is 19.6. The van der Waals surface area contributed by atoms with E-state index < -0.39 is 4.92 Å². The lowest BCUT2D eigenvalue weighted by molar-refractivity contribution is -0.384. The van der Waals surface area contributed by atoms with Crippen LogP contribution in [0.3, 0.4) is 0 Å². The van der Waals surface area contributed by atoms with Crippen LogP contribution in [0.5, 0.6) is 0 Å². The smallest absolute Gasteiger partial charge is 0.269 e. The van der Waals surface area contributed by atoms with Crippen LogP contribution in [0.4, 0.5) is 5.69 Å². The molecule has 2 rings (SSSR count). The standard InChI is InChI=1S/C14H19N3O4/c18-9-8-15-4-6-16(7-5-15)14(19)11-12-2-1-3-13(10-12)17(20)21/h1-3,10,18H,4-9,11H2. The van der Waals surface area contributed by atoms with Crippen molar-refractivity contribution in [2.45, 2.75) is 6.42 Å². The Morgan fingerprint density at radius 3 is 2.62 bits per heavy atom. The number of nitro groups is 1. The monoisotopic (exact) mass is 293 g/mol. The van der Waals surface area contributed by atoms with E-state index in [1.165, 1.54) is 12.1 Å². The molecule has 0 spiro atoms. The van der Waals surface area contributed by atoms with E-state index >= 15 is 0 Å². The first-order chi connectivity index (χ1) is 10.1. The van der Waals surface area contributed by atoms with Crippen molar-refractivity contribution >= 4 is 11.6 Å². The summed E-state index contributed by atoms with van der Waals surface area (Å²) >= 11 is 0. The first kappa shape index (κ1) is 15.4. The van der Waals surface area contributed by atoms with Crippen molar-refractivity contribution in [1.82, 2.24) is 9.80 Å². The third kappa shape index (κ3) is 4.24. The fraction of sp³-hybridized carbons (Fsp3) is 0.500. The molecule has 21 heavy (non-hydrogen) atoms. The number of aliphatic hydroxyl groups is 1. The lowest BCUT2D eigenvalue weighted by Gasteiger charge is -2.34. The van der Waals surface area contributed by atoms with Crippen molar-refractivity contribution in [3.8, 4) is 0 Å². The number of piperazine rings is 1. The third-order valence-electron chi connectivity index (χ3n) is 3.62. The molecule has 1 aliphatic rings. The number of benzene rings is 1. The Balaban J connectivity index is 1.90. The maximum absolute atomic E-state index is 12.2. The average Bonchev–Trinajstić information content (AvgIpc) is 2.48. The van der Waals surface area contributed by atoms with E-state index in [1.54, 1.807) is 17.0 Å². The highest BCUT2D eigenvalue weighted by atomic mass is 16.6. The molecule has 7 heteroatoms. The minimum absolute atomic E-state index is 0.00747. The van der Waals surface area contributed by atoms with Gasteiger partial charge in [-0.15, -0.1) is 0 Å². The van der Waals surface area contributed by atoms with Gasteiger partial charge in [-0.25, -0.2) is 0 Å². The van der Waals surface area contributed by atoms with E-state index in [0.717, 1.165) is 13.1 Å². The molecule has 114 valence electrons. The van der Waals surface area contributed by atoms with Crippen molar-refractivity contribution in [2.75, 3.05) is 39.3 Å². The lowest BCUT2D eigenvalue weighted by atomic mass is 10.1. The summed E-state index contributed by atoms with van der Waals surface area (Å²) in [7, 11) is 0. The van der Waals surface area contributed by atoms with E-state index in [4.69, 9.17) is 5.11 Å². The molecule has 1 saturated heterocycles. The highest BCUT2D eigenvalue weighted by Gasteiger charge is 2.21. The Kier molecular flexibility index (Phi) is 5.24. The average molecular weight is 293 g/mol. The summed E-state index contributed by atoms with van der Waals surface area (Å²) in [6.45, 7) is 3.53. The first-order valence-corrected chi connectivity index (χ1v) is 6.94. The van der Waals surface area contributed by atoms with E-state index in [9.17, 15) is 14.9 Å². The molecule has 1 N–H and O–H groups in total. The van der Waals surface area contributed by atoms with Gasteiger partial charge in [-0.2, -0.15) is 0 Å². The van der Waals surface area contributed by atoms with Crippen LogP contribution in [0.2, 0.25) is 0 Å². The van der Waals surface area contributed by atoms with Crippen LogP contribution in [0, 0.1) is 10.1 Å². The fourth-order valence-corrected chi connectivity index (χ4v) is 2.43. The second-order valence-corrected chi connectivity index (χ2v) is 5.05. The number of non-ortho nitro benzene ring substituents is 1. The Labute approximate surface area is 122 Å². The van der Waals surface area contributed by atoms with Crippen molar-refractivity contribution in [3.63, 3.8) is 0 Å². The molecule has 0 atom stereocenters. The van der Waals surface area contributed by atoms with Gasteiger partial charge in [0.1, 0.15) is 0 Å². The molecule has 0 unspecified atom stereocenters.